The molecule has 0 saturated carbocycles. The number of benzene rings is 1. The van der Waals surface area contributed by atoms with Gasteiger partial charge in [0.1, 0.15) is 5.58 Å². The van der Waals surface area contributed by atoms with Crippen LogP contribution in [0.15, 0.2) is 47.2 Å². The SMILES string of the molecule is c1cc2c(c(-c3nccc4occc34)c1)CCNC2. The number of rotatable bonds is 1. The fourth-order valence-electron chi connectivity index (χ4n) is 2.86. The van der Waals surface area contributed by atoms with E-state index in [9.17, 15) is 0 Å². The zero-order valence-electron chi connectivity index (χ0n) is 10.5. The van der Waals surface area contributed by atoms with E-state index in [0.717, 1.165) is 36.2 Å². The molecule has 3 heteroatoms. The molecule has 0 bridgehead atoms. The summed E-state index contributed by atoms with van der Waals surface area (Å²) in [5.41, 5.74) is 5.97. The molecule has 94 valence electrons. The third-order valence-corrected chi connectivity index (χ3v) is 3.78. The monoisotopic (exact) mass is 250 g/mol. The van der Waals surface area contributed by atoms with Crippen molar-refractivity contribution in [3.63, 3.8) is 0 Å². The van der Waals surface area contributed by atoms with Crippen LogP contribution in [0.5, 0.6) is 0 Å². The third kappa shape index (κ3) is 1.66. The summed E-state index contributed by atoms with van der Waals surface area (Å²) in [6.07, 6.45) is 4.61. The quantitative estimate of drug-likeness (QED) is 0.721. The van der Waals surface area contributed by atoms with Gasteiger partial charge in [-0.25, -0.2) is 0 Å². The Balaban J connectivity index is 2.00. The van der Waals surface area contributed by atoms with Crippen molar-refractivity contribution >= 4 is 11.0 Å². The molecule has 0 aliphatic carbocycles. The Morgan fingerprint density at radius 3 is 3.16 bits per heavy atom. The van der Waals surface area contributed by atoms with Crippen molar-refractivity contribution in [1.82, 2.24) is 10.3 Å². The highest BCUT2D eigenvalue weighted by atomic mass is 16.3. The average molecular weight is 250 g/mol. The van der Waals surface area contributed by atoms with Gasteiger partial charge >= 0.3 is 0 Å². The average Bonchev–Trinajstić information content (AvgIpc) is 2.95. The van der Waals surface area contributed by atoms with Crippen LogP contribution in [0.2, 0.25) is 0 Å². The Labute approximate surface area is 111 Å². The number of furan rings is 1. The molecule has 0 saturated heterocycles. The zero-order valence-corrected chi connectivity index (χ0v) is 10.5. The van der Waals surface area contributed by atoms with Crippen LogP contribution in [0.25, 0.3) is 22.2 Å². The summed E-state index contributed by atoms with van der Waals surface area (Å²) < 4.78 is 5.47. The van der Waals surface area contributed by atoms with Crippen LogP contribution in [0.1, 0.15) is 11.1 Å². The molecule has 0 fully saturated rings. The maximum atomic E-state index is 5.47. The molecule has 0 amide bonds. The second-order valence-corrected chi connectivity index (χ2v) is 4.86. The number of hydrogen-bond donors (Lipinski definition) is 1. The van der Waals surface area contributed by atoms with Gasteiger partial charge in [-0.3, -0.25) is 4.98 Å². The van der Waals surface area contributed by atoms with Gasteiger partial charge in [-0.15, -0.1) is 0 Å². The number of nitrogens with one attached hydrogen (secondary N) is 1. The highest BCUT2D eigenvalue weighted by Crippen LogP contribution is 2.32. The van der Waals surface area contributed by atoms with E-state index < -0.39 is 0 Å². The van der Waals surface area contributed by atoms with E-state index in [2.05, 4.69) is 28.5 Å². The lowest BCUT2D eigenvalue weighted by Gasteiger charge is -2.20. The smallest absolute Gasteiger partial charge is 0.137 e. The first-order chi connectivity index (χ1) is 9.43. The van der Waals surface area contributed by atoms with Crippen molar-refractivity contribution in [2.45, 2.75) is 13.0 Å². The van der Waals surface area contributed by atoms with E-state index in [1.807, 2.05) is 18.3 Å². The molecular weight excluding hydrogens is 236 g/mol. The number of nitrogens with zero attached hydrogens (tertiary/aromatic N) is 1. The van der Waals surface area contributed by atoms with Crippen LogP contribution < -0.4 is 5.32 Å². The van der Waals surface area contributed by atoms with E-state index in [4.69, 9.17) is 4.42 Å². The maximum absolute atomic E-state index is 5.47. The first kappa shape index (κ1) is 10.8. The number of aromatic nitrogens is 1. The highest BCUT2D eigenvalue weighted by molar-refractivity contribution is 5.92. The molecule has 1 aromatic carbocycles. The zero-order chi connectivity index (χ0) is 12.7. The number of fused-ring (bicyclic) bond motifs is 2. The Bertz CT molecular complexity index is 745. The molecule has 2 aromatic heterocycles. The summed E-state index contributed by atoms with van der Waals surface area (Å²) in [5, 5.41) is 4.50. The molecule has 3 nitrogen and oxygen atoms in total. The summed E-state index contributed by atoms with van der Waals surface area (Å²) >= 11 is 0. The van der Waals surface area contributed by atoms with Crippen molar-refractivity contribution in [3.05, 3.63) is 53.9 Å². The molecular formula is C16H14N2O. The summed E-state index contributed by atoms with van der Waals surface area (Å²) in [6, 6.07) is 10.4. The predicted octanol–water partition coefficient (Wildman–Crippen LogP) is 3.14. The lowest BCUT2D eigenvalue weighted by atomic mass is 9.92. The van der Waals surface area contributed by atoms with Gasteiger partial charge in [0.05, 0.1) is 12.0 Å². The van der Waals surface area contributed by atoms with Crippen molar-refractivity contribution in [2.24, 2.45) is 0 Å². The van der Waals surface area contributed by atoms with Crippen molar-refractivity contribution in [3.8, 4) is 11.3 Å². The second kappa shape index (κ2) is 4.21. The van der Waals surface area contributed by atoms with Gasteiger partial charge in [-0.1, -0.05) is 18.2 Å². The van der Waals surface area contributed by atoms with Crippen LogP contribution in [0.3, 0.4) is 0 Å². The van der Waals surface area contributed by atoms with Crippen LogP contribution >= 0.6 is 0 Å². The van der Waals surface area contributed by atoms with E-state index in [1.54, 1.807) is 6.26 Å². The van der Waals surface area contributed by atoms with Crippen LogP contribution in [-0.4, -0.2) is 11.5 Å². The summed E-state index contributed by atoms with van der Waals surface area (Å²) in [4.78, 5) is 4.58. The summed E-state index contributed by atoms with van der Waals surface area (Å²) in [7, 11) is 0. The molecule has 0 spiro atoms. The third-order valence-electron chi connectivity index (χ3n) is 3.78. The Hall–Kier alpha value is -2.13. The summed E-state index contributed by atoms with van der Waals surface area (Å²) in [5.74, 6) is 0. The van der Waals surface area contributed by atoms with E-state index in [-0.39, 0.29) is 0 Å². The highest BCUT2D eigenvalue weighted by Gasteiger charge is 2.16. The molecule has 19 heavy (non-hydrogen) atoms. The van der Waals surface area contributed by atoms with Crippen molar-refractivity contribution in [2.75, 3.05) is 6.54 Å². The molecule has 4 rings (SSSR count). The maximum Gasteiger partial charge on any atom is 0.137 e. The largest absolute Gasteiger partial charge is 0.464 e. The molecule has 0 atom stereocenters. The second-order valence-electron chi connectivity index (χ2n) is 4.86. The fraction of sp³-hybridized carbons (Fsp3) is 0.188. The van der Waals surface area contributed by atoms with Gasteiger partial charge < -0.3 is 9.73 Å². The Kier molecular flexibility index (Phi) is 2.38. The van der Waals surface area contributed by atoms with E-state index >= 15 is 0 Å². The van der Waals surface area contributed by atoms with E-state index in [0.29, 0.717) is 0 Å². The lowest BCUT2D eigenvalue weighted by Crippen LogP contribution is -2.24. The van der Waals surface area contributed by atoms with Crippen molar-refractivity contribution in [1.29, 1.82) is 0 Å². The summed E-state index contributed by atoms with van der Waals surface area (Å²) in [6.45, 7) is 1.98. The van der Waals surface area contributed by atoms with Gasteiger partial charge in [0.15, 0.2) is 0 Å². The number of pyridine rings is 1. The predicted molar refractivity (Wildman–Crippen MR) is 74.9 cm³/mol. The molecule has 0 radical (unpaired) electrons. The Morgan fingerprint density at radius 1 is 1.16 bits per heavy atom. The molecule has 1 aliphatic heterocycles. The van der Waals surface area contributed by atoms with Crippen LogP contribution in [0.4, 0.5) is 0 Å². The minimum Gasteiger partial charge on any atom is -0.464 e. The normalized spacial score (nSPS) is 14.5. The molecule has 1 N–H and O–H groups in total. The minimum atomic E-state index is 0.900. The van der Waals surface area contributed by atoms with Crippen molar-refractivity contribution < 1.29 is 4.42 Å². The van der Waals surface area contributed by atoms with Crippen LogP contribution in [0, 0.1) is 0 Å². The molecule has 1 aliphatic rings. The fourth-order valence-corrected chi connectivity index (χ4v) is 2.86. The van der Waals surface area contributed by atoms with E-state index in [1.165, 1.54) is 16.7 Å². The molecule has 3 heterocycles. The number of hydrogen-bond acceptors (Lipinski definition) is 3. The van der Waals surface area contributed by atoms with Gasteiger partial charge in [0.25, 0.3) is 0 Å². The first-order valence-corrected chi connectivity index (χ1v) is 6.57. The van der Waals surface area contributed by atoms with Gasteiger partial charge in [-0.2, -0.15) is 0 Å². The van der Waals surface area contributed by atoms with Gasteiger partial charge in [-0.05, 0) is 36.2 Å². The minimum absolute atomic E-state index is 0.900. The van der Waals surface area contributed by atoms with Gasteiger partial charge in [0.2, 0.25) is 0 Å². The lowest BCUT2D eigenvalue weighted by molar-refractivity contribution is 0.615. The van der Waals surface area contributed by atoms with Crippen LogP contribution in [-0.2, 0) is 13.0 Å². The topological polar surface area (TPSA) is 38.1 Å². The standard InChI is InChI=1S/C16H14N2O/c1-2-11-10-17-7-4-12(11)13(3-1)16-14-6-9-19-15(14)5-8-18-16/h1-3,5-6,8-9,17H,4,7,10H2. The van der Waals surface area contributed by atoms with Gasteiger partial charge in [0, 0.05) is 23.7 Å². The molecule has 3 aromatic rings. The first-order valence-electron chi connectivity index (χ1n) is 6.57. The Morgan fingerprint density at radius 2 is 2.16 bits per heavy atom. The molecule has 0 unspecified atom stereocenters.